The van der Waals surface area contributed by atoms with E-state index in [4.69, 9.17) is 9.15 Å². The van der Waals surface area contributed by atoms with E-state index < -0.39 is 0 Å². The van der Waals surface area contributed by atoms with Gasteiger partial charge in [-0.2, -0.15) is 0 Å². The van der Waals surface area contributed by atoms with E-state index in [1.54, 1.807) is 18.4 Å². The lowest BCUT2D eigenvalue weighted by Crippen LogP contribution is -2.27. The van der Waals surface area contributed by atoms with Crippen molar-refractivity contribution in [3.8, 4) is 0 Å². The minimum Gasteiger partial charge on any atom is -0.447 e. The van der Waals surface area contributed by atoms with Crippen LogP contribution in [0.5, 0.6) is 0 Å². The van der Waals surface area contributed by atoms with Gasteiger partial charge in [0.25, 0.3) is 5.91 Å². The number of carbonyl (C=O) groups is 1. The monoisotopic (exact) mass is 452 g/mol. The third-order valence-corrected chi connectivity index (χ3v) is 6.45. The molecule has 0 saturated carbocycles. The smallest absolute Gasteiger partial charge is 0.273 e. The lowest BCUT2D eigenvalue weighted by atomic mass is 10.1. The van der Waals surface area contributed by atoms with Crippen LogP contribution >= 0.6 is 11.3 Å². The van der Waals surface area contributed by atoms with Crippen LogP contribution in [-0.4, -0.2) is 47.6 Å². The van der Waals surface area contributed by atoms with Crippen molar-refractivity contribution in [1.29, 1.82) is 0 Å². The van der Waals surface area contributed by atoms with Crippen molar-refractivity contribution >= 4 is 28.1 Å². The molecule has 8 heteroatoms. The van der Waals surface area contributed by atoms with E-state index in [2.05, 4.69) is 63.0 Å². The van der Waals surface area contributed by atoms with Crippen LogP contribution in [0.1, 0.15) is 32.4 Å². The number of hydrogen-bond acceptors (Lipinski definition) is 6. The largest absolute Gasteiger partial charge is 0.447 e. The van der Waals surface area contributed by atoms with Crippen molar-refractivity contribution in [1.82, 2.24) is 20.2 Å². The lowest BCUT2D eigenvalue weighted by Gasteiger charge is -2.20. The average Bonchev–Trinajstić information content (AvgIpc) is 3.53. The van der Waals surface area contributed by atoms with Crippen LogP contribution in [0.2, 0.25) is 0 Å². The number of nitrogens with zero attached hydrogens (tertiary/aromatic N) is 2. The molecule has 0 aliphatic carbocycles. The number of methoxy groups -OCH3 is 1. The summed E-state index contributed by atoms with van der Waals surface area (Å²) in [5, 5.41) is 6.15. The number of ether oxygens (including phenoxy) is 1. The number of aryl methyl sites for hydroxylation is 1. The molecule has 3 aromatic heterocycles. The highest BCUT2D eigenvalue weighted by atomic mass is 32.1. The van der Waals surface area contributed by atoms with Gasteiger partial charge in [-0.25, -0.2) is 4.98 Å². The summed E-state index contributed by atoms with van der Waals surface area (Å²) in [6, 6.07) is 10.5. The number of benzene rings is 1. The first-order chi connectivity index (χ1) is 15.6. The fourth-order valence-corrected chi connectivity index (χ4v) is 4.58. The average molecular weight is 453 g/mol. The van der Waals surface area contributed by atoms with Gasteiger partial charge in [0.15, 0.2) is 5.69 Å². The second-order valence-corrected chi connectivity index (χ2v) is 8.72. The predicted octanol–water partition coefficient (Wildman–Crippen LogP) is 4.15. The van der Waals surface area contributed by atoms with Crippen LogP contribution in [-0.2, 0) is 24.2 Å². The molecule has 4 aromatic rings. The first kappa shape index (κ1) is 22.3. The number of nitrogens with one attached hydrogen (secondary N) is 2. The maximum atomic E-state index is 12.2. The molecule has 32 heavy (non-hydrogen) atoms. The molecule has 0 atom stereocenters. The summed E-state index contributed by atoms with van der Waals surface area (Å²) in [5.41, 5.74) is 4.02. The van der Waals surface area contributed by atoms with Gasteiger partial charge in [0.1, 0.15) is 6.26 Å². The molecule has 0 unspecified atom stereocenters. The summed E-state index contributed by atoms with van der Waals surface area (Å²) in [6.07, 6.45) is 4.41. The van der Waals surface area contributed by atoms with E-state index in [1.165, 1.54) is 27.7 Å². The van der Waals surface area contributed by atoms with Crippen LogP contribution < -0.4 is 5.32 Å². The molecule has 0 spiro atoms. The number of rotatable bonds is 11. The Labute approximate surface area is 191 Å². The lowest BCUT2D eigenvalue weighted by molar-refractivity contribution is 0.0932. The molecular weight excluding hydrogens is 424 g/mol. The van der Waals surface area contributed by atoms with E-state index in [1.807, 2.05) is 6.07 Å². The van der Waals surface area contributed by atoms with E-state index in [-0.39, 0.29) is 5.91 Å². The number of amides is 1. The molecular formula is C24H28N4O3S. The highest BCUT2D eigenvalue weighted by Gasteiger charge is 2.17. The van der Waals surface area contributed by atoms with Crippen molar-refractivity contribution in [3.63, 3.8) is 0 Å². The van der Waals surface area contributed by atoms with Gasteiger partial charge in [-0.05, 0) is 42.0 Å². The molecule has 2 N–H and O–H groups in total. The van der Waals surface area contributed by atoms with E-state index in [9.17, 15) is 4.79 Å². The summed E-state index contributed by atoms with van der Waals surface area (Å²) in [6.45, 7) is 5.22. The minimum atomic E-state index is -0.253. The van der Waals surface area contributed by atoms with Crippen LogP contribution in [0, 0.1) is 6.92 Å². The Balaban J connectivity index is 1.45. The molecule has 0 bridgehead atoms. The second kappa shape index (κ2) is 10.6. The van der Waals surface area contributed by atoms with Gasteiger partial charge in [-0.3, -0.25) is 9.69 Å². The number of thiophene rings is 1. The SMILES string of the molecule is COCCNC(=O)c1coc(CN(CCc2c[nH]c3ccccc23)Cc2sccc2C)n1. The second-order valence-electron chi connectivity index (χ2n) is 7.72. The normalized spacial score (nSPS) is 11.5. The number of carbonyl (C=O) groups excluding carboxylic acids is 1. The molecule has 4 rings (SSSR count). The molecule has 1 aromatic carbocycles. The predicted molar refractivity (Wildman–Crippen MR) is 126 cm³/mol. The molecule has 0 aliphatic rings. The number of hydrogen-bond donors (Lipinski definition) is 2. The zero-order valence-corrected chi connectivity index (χ0v) is 19.2. The molecule has 0 fully saturated rings. The number of para-hydroxylation sites is 1. The van der Waals surface area contributed by atoms with Crippen LogP contribution in [0.3, 0.4) is 0 Å². The molecule has 7 nitrogen and oxygen atoms in total. The summed E-state index contributed by atoms with van der Waals surface area (Å²) in [7, 11) is 1.60. The standard InChI is InChI=1S/C24H28N4O3S/c1-17-8-12-32-22(17)14-28(10-7-18-13-26-20-6-4-3-5-19(18)20)15-23-27-21(16-31-23)24(29)25-9-11-30-2/h3-6,8,12-13,16,26H,7,9-11,14-15H2,1-2H3,(H,25,29). The fourth-order valence-electron chi connectivity index (χ4n) is 3.64. The summed E-state index contributed by atoms with van der Waals surface area (Å²) in [5.74, 6) is 0.284. The summed E-state index contributed by atoms with van der Waals surface area (Å²) >= 11 is 1.76. The zero-order chi connectivity index (χ0) is 22.3. The Morgan fingerprint density at radius 3 is 2.97 bits per heavy atom. The van der Waals surface area contributed by atoms with Crippen LogP contribution in [0.15, 0.2) is 52.6 Å². The van der Waals surface area contributed by atoms with Gasteiger partial charge in [0.05, 0.1) is 13.2 Å². The molecule has 0 radical (unpaired) electrons. The van der Waals surface area contributed by atoms with Crippen molar-refractivity contribution in [2.45, 2.75) is 26.4 Å². The van der Waals surface area contributed by atoms with Gasteiger partial charge in [-0.1, -0.05) is 18.2 Å². The Hall–Kier alpha value is -2.94. The van der Waals surface area contributed by atoms with Crippen LogP contribution in [0.4, 0.5) is 0 Å². The van der Waals surface area contributed by atoms with Crippen molar-refractivity contribution in [2.75, 3.05) is 26.8 Å². The van der Waals surface area contributed by atoms with Gasteiger partial charge in [0.2, 0.25) is 5.89 Å². The Morgan fingerprint density at radius 2 is 2.16 bits per heavy atom. The van der Waals surface area contributed by atoms with Crippen molar-refractivity contribution in [3.05, 3.63) is 75.8 Å². The number of aromatic amines is 1. The summed E-state index contributed by atoms with van der Waals surface area (Å²) in [4.78, 5) is 23.6. The van der Waals surface area contributed by atoms with Crippen LogP contribution in [0.25, 0.3) is 10.9 Å². The number of aromatic nitrogens is 2. The van der Waals surface area contributed by atoms with E-state index in [0.29, 0.717) is 31.3 Å². The fraction of sp³-hybridized carbons (Fsp3) is 0.333. The minimum absolute atomic E-state index is 0.253. The third-order valence-electron chi connectivity index (χ3n) is 5.44. The molecule has 0 saturated heterocycles. The quantitative estimate of drug-likeness (QED) is 0.334. The van der Waals surface area contributed by atoms with Crippen molar-refractivity contribution in [2.24, 2.45) is 0 Å². The van der Waals surface area contributed by atoms with Gasteiger partial charge in [-0.15, -0.1) is 11.3 Å². The Bertz CT molecular complexity index is 1160. The maximum Gasteiger partial charge on any atom is 0.273 e. The maximum absolute atomic E-state index is 12.2. The number of H-pyrrole nitrogens is 1. The third kappa shape index (κ3) is 5.45. The molecule has 0 aliphatic heterocycles. The highest BCUT2D eigenvalue weighted by molar-refractivity contribution is 7.10. The Kier molecular flexibility index (Phi) is 7.36. The van der Waals surface area contributed by atoms with Gasteiger partial charge >= 0.3 is 0 Å². The first-order valence-corrected chi connectivity index (χ1v) is 11.5. The number of fused-ring (bicyclic) bond motifs is 1. The highest BCUT2D eigenvalue weighted by Crippen LogP contribution is 2.22. The van der Waals surface area contributed by atoms with Gasteiger partial charge < -0.3 is 19.5 Å². The Morgan fingerprint density at radius 1 is 1.28 bits per heavy atom. The van der Waals surface area contributed by atoms with E-state index >= 15 is 0 Å². The van der Waals surface area contributed by atoms with E-state index in [0.717, 1.165) is 25.0 Å². The molecule has 1 amide bonds. The first-order valence-electron chi connectivity index (χ1n) is 10.7. The zero-order valence-electron chi connectivity index (χ0n) is 18.4. The molecule has 3 heterocycles. The van der Waals surface area contributed by atoms with Gasteiger partial charge in [0, 0.05) is 48.7 Å². The summed E-state index contributed by atoms with van der Waals surface area (Å²) < 4.78 is 10.6. The molecule has 168 valence electrons. The number of oxazole rings is 1. The van der Waals surface area contributed by atoms with Crippen molar-refractivity contribution < 1.29 is 13.9 Å². The topological polar surface area (TPSA) is 83.4 Å².